The van der Waals surface area contributed by atoms with Gasteiger partial charge in [-0.3, -0.25) is 0 Å². The summed E-state index contributed by atoms with van der Waals surface area (Å²) in [6.45, 7) is 6.11. The molecule has 1 rings (SSSR count). The van der Waals surface area contributed by atoms with E-state index in [1.54, 1.807) is 0 Å². The highest BCUT2D eigenvalue weighted by molar-refractivity contribution is 4.71. The molecule has 5 heteroatoms. The molecule has 1 fully saturated rings. The first-order chi connectivity index (χ1) is 5.22. The van der Waals surface area contributed by atoms with Gasteiger partial charge in [0.1, 0.15) is 0 Å². The van der Waals surface area contributed by atoms with Gasteiger partial charge in [0, 0.05) is 12.6 Å². The Kier molecular flexibility index (Phi) is 5.68. The molecule has 0 aromatic rings. The van der Waals surface area contributed by atoms with Crippen molar-refractivity contribution < 1.29 is 9.94 Å². The van der Waals surface area contributed by atoms with Crippen molar-refractivity contribution >= 4 is 0 Å². The maximum atomic E-state index is 8.11. The predicted molar refractivity (Wildman–Crippen MR) is 40.5 cm³/mol. The van der Waals surface area contributed by atoms with Gasteiger partial charge in [0.15, 0.2) is 5.34 Å². The molecular formula is C6H14N2O3. The topological polar surface area (TPSA) is 70.9 Å². The summed E-state index contributed by atoms with van der Waals surface area (Å²) in [6, 6.07) is 0.531. The van der Waals surface area contributed by atoms with Gasteiger partial charge < -0.3 is 15.3 Å². The third-order valence-electron chi connectivity index (χ3n) is 1.65. The van der Waals surface area contributed by atoms with E-state index in [2.05, 4.69) is 19.2 Å². The van der Waals surface area contributed by atoms with Crippen LogP contribution in [-0.4, -0.2) is 30.5 Å². The molecule has 2 N–H and O–H groups in total. The Labute approximate surface area is 65.7 Å². The van der Waals surface area contributed by atoms with Gasteiger partial charge in [-0.2, -0.15) is 0 Å². The van der Waals surface area contributed by atoms with Gasteiger partial charge >= 0.3 is 0 Å². The standard InChI is InChI=1S/C6H13NO.HNO2/c1-5-6(2)8-4-3-7-5;2-1-3/h5-7H,3-4H2,1-2H3;(H,2,3). The molecule has 0 bridgehead atoms. The summed E-state index contributed by atoms with van der Waals surface area (Å²) in [5, 5.41) is 11.2. The van der Waals surface area contributed by atoms with Gasteiger partial charge in [0.05, 0.1) is 12.7 Å². The summed E-state index contributed by atoms with van der Waals surface area (Å²) < 4.78 is 5.33. The van der Waals surface area contributed by atoms with Crippen LogP contribution in [0.2, 0.25) is 0 Å². The van der Waals surface area contributed by atoms with Gasteiger partial charge in [0.2, 0.25) is 0 Å². The number of nitrogens with zero attached hydrogens (tertiary/aromatic N) is 1. The molecule has 2 unspecified atom stereocenters. The normalized spacial score (nSPS) is 30.0. The van der Waals surface area contributed by atoms with Crippen molar-refractivity contribution in [3.63, 3.8) is 0 Å². The molecule has 11 heavy (non-hydrogen) atoms. The molecule has 1 saturated heterocycles. The highest BCUT2D eigenvalue weighted by Crippen LogP contribution is 2.00. The molecule has 0 aliphatic carbocycles. The first-order valence-electron chi connectivity index (χ1n) is 3.54. The second-order valence-electron chi connectivity index (χ2n) is 2.40. The Morgan fingerprint density at radius 3 is 2.45 bits per heavy atom. The van der Waals surface area contributed by atoms with Crippen LogP contribution in [0.4, 0.5) is 0 Å². The minimum Gasteiger partial charge on any atom is -0.379 e. The summed E-state index contributed by atoms with van der Waals surface area (Å²) in [5.74, 6) is 0. The quantitative estimate of drug-likeness (QED) is 0.402. The summed E-state index contributed by atoms with van der Waals surface area (Å²) >= 11 is 0. The van der Waals surface area contributed by atoms with Crippen molar-refractivity contribution in [2.45, 2.75) is 26.0 Å². The minimum absolute atomic E-state index is 0.392. The number of hydrogen-bond acceptors (Lipinski definition) is 4. The summed E-state index contributed by atoms with van der Waals surface area (Å²) in [7, 11) is 0. The molecule has 2 atom stereocenters. The zero-order chi connectivity index (χ0) is 8.69. The fourth-order valence-corrected chi connectivity index (χ4v) is 0.842. The Hall–Kier alpha value is -0.680. The van der Waals surface area contributed by atoms with Crippen LogP contribution in [0.25, 0.3) is 0 Å². The third-order valence-corrected chi connectivity index (χ3v) is 1.65. The lowest BCUT2D eigenvalue weighted by molar-refractivity contribution is 0.0135. The molecule has 0 aromatic heterocycles. The minimum atomic E-state index is 0.392. The van der Waals surface area contributed by atoms with Crippen molar-refractivity contribution in [2.24, 2.45) is 5.34 Å². The van der Waals surface area contributed by atoms with Crippen LogP contribution in [0.15, 0.2) is 5.34 Å². The van der Waals surface area contributed by atoms with Crippen LogP contribution < -0.4 is 5.32 Å². The average Bonchev–Trinajstić information content (AvgIpc) is 1.97. The SMILES string of the molecule is CC1NCCOC1C.O=NO. The third kappa shape index (κ3) is 4.69. The Morgan fingerprint density at radius 2 is 2.18 bits per heavy atom. The van der Waals surface area contributed by atoms with Gasteiger partial charge in [-0.15, -0.1) is 4.91 Å². The van der Waals surface area contributed by atoms with E-state index in [0.717, 1.165) is 13.2 Å². The molecule has 0 amide bonds. The molecule has 0 spiro atoms. The maximum Gasteiger partial charge on any atom is 0.152 e. The van der Waals surface area contributed by atoms with E-state index in [-0.39, 0.29) is 0 Å². The highest BCUT2D eigenvalue weighted by atomic mass is 16.6. The number of hydrogen-bond donors (Lipinski definition) is 2. The van der Waals surface area contributed by atoms with Gasteiger partial charge in [-0.25, -0.2) is 0 Å². The van der Waals surface area contributed by atoms with E-state index in [1.807, 2.05) is 0 Å². The fraction of sp³-hybridized carbons (Fsp3) is 1.00. The van der Waals surface area contributed by atoms with Crippen molar-refractivity contribution in [3.8, 4) is 0 Å². The largest absolute Gasteiger partial charge is 0.379 e. The summed E-state index contributed by atoms with van der Waals surface area (Å²) in [5.41, 5.74) is 0. The van der Waals surface area contributed by atoms with E-state index >= 15 is 0 Å². The van der Waals surface area contributed by atoms with Crippen LogP contribution in [0.3, 0.4) is 0 Å². The zero-order valence-corrected chi connectivity index (χ0v) is 6.78. The Bertz CT molecular complexity index is 100. The van der Waals surface area contributed by atoms with Gasteiger partial charge in [0.25, 0.3) is 0 Å². The summed E-state index contributed by atoms with van der Waals surface area (Å²) in [6.07, 6.45) is 0.392. The molecule has 0 radical (unpaired) electrons. The lowest BCUT2D eigenvalue weighted by atomic mass is 10.2. The molecule has 1 aliphatic rings. The second kappa shape index (κ2) is 6.06. The lowest BCUT2D eigenvalue weighted by Gasteiger charge is -2.26. The van der Waals surface area contributed by atoms with E-state index in [1.165, 1.54) is 5.34 Å². The van der Waals surface area contributed by atoms with Crippen molar-refractivity contribution in [1.82, 2.24) is 5.32 Å². The van der Waals surface area contributed by atoms with Crippen LogP contribution in [0, 0.1) is 4.91 Å². The Balaban J connectivity index is 0.000000292. The van der Waals surface area contributed by atoms with E-state index in [4.69, 9.17) is 14.9 Å². The molecule has 0 aromatic carbocycles. The molecule has 66 valence electrons. The lowest BCUT2D eigenvalue weighted by Crippen LogP contribution is -2.44. The fourth-order valence-electron chi connectivity index (χ4n) is 0.842. The number of morpholine rings is 1. The van der Waals surface area contributed by atoms with Gasteiger partial charge in [-0.05, 0) is 13.8 Å². The van der Waals surface area contributed by atoms with Crippen molar-refractivity contribution in [3.05, 3.63) is 4.91 Å². The van der Waals surface area contributed by atoms with E-state index in [0.29, 0.717) is 12.1 Å². The van der Waals surface area contributed by atoms with E-state index in [9.17, 15) is 0 Å². The van der Waals surface area contributed by atoms with Gasteiger partial charge in [-0.1, -0.05) is 0 Å². The first-order valence-corrected chi connectivity index (χ1v) is 3.54. The van der Waals surface area contributed by atoms with E-state index < -0.39 is 0 Å². The van der Waals surface area contributed by atoms with Crippen LogP contribution >= 0.6 is 0 Å². The maximum absolute atomic E-state index is 8.11. The van der Waals surface area contributed by atoms with Crippen LogP contribution in [-0.2, 0) is 4.74 Å². The number of ether oxygens (including phenoxy) is 1. The second-order valence-corrected chi connectivity index (χ2v) is 2.40. The number of nitrogens with one attached hydrogen (secondary N) is 1. The molecule has 1 heterocycles. The molecule has 1 aliphatic heterocycles. The zero-order valence-electron chi connectivity index (χ0n) is 6.78. The van der Waals surface area contributed by atoms with Crippen molar-refractivity contribution in [1.29, 1.82) is 0 Å². The monoisotopic (exact) mass is 162 g/mol. The smallest absolute Gasteiger partial charge is 0.152 e. The van der Waals surface area contributed by atoms with Crippen LogP contribution in [0.1, 0.15) is 13.8 Å². The average molecular weight is 162 g/mol. The predicted octanol–water partition coefficient (Wildman–Crippen LogP) is 0.525. The molecular weight excluding hydrogens is 148 g/mol. The highest BCUT2D eigenvalue weighted by Gasteiger charge is 2.15. The molecule has 0 saturated carbocycles. The Morgan fingerprint density at radius 1 is 1.64 bits per heavy atom. The number of rotatable bonds is 0. The van der Waals surface area contributed by atoms with Crippen molar-refractivity contribution in [2.75, 3.05) is 13.2 Å². The summed E-state index contributed by atoms with van der Waals surface area (Å²) in [4.78, 5) is 8.11. The molecule has 5 nitrogen and oxygen atoms in total. The first kappa shape index (κ1) is 10.3. The van der Waals surface area contributed by atoms with Crippen LogP contribution in [0.5, 0.6) is 0 Å².